The standard InChI is InChI=1S/C17H22N4O2/c22-16(20-12-17(23)6-1-7-17)19-10-14-2-4-15(5-3-14)11-21-9-8-18-13-21/h2-5,8-9,13,23H,1,6-7,10-12H2,(H2,19,20,22). The lowest BCUT2D eigenvalue weighted by Crippen LogP contribution is -2.49. The van der Waals surface area contributed by atoms with E-state index in [2.05, 4.69) is 15.6 Å². The molecule has 3 N–H and O–H groups in total. The van der Waals surface area contributed by atoms with E-state index in [1.165, 1.54) is 5.56 Å². The molecule has 2 aromatic rings. The van der Waals surface area contributed by atoms with Gasteiger partial charge in [-0.3, -0.25) is 0 Å². The normalized spacial score (nSPS) is 15.7. The highest BCUT2D eigenvalue weighted by atomic mass is 16.3. The molecule has 1 aliphatic rings. The molecule has 0 atom stereocenters. The number of nitrogens with zero attached hydrogens (tertiary/aromatic N) is 2. The minimum atomic E-state index is -0.688. The molecule has 1 fully saturated rings. The number of aromatic nitrogens is 2. The largest absolute Gasteiger partial charge is 0.388 e. The van der Waals surface area contributed by atoms with Crippen molar-refractivity contribution in [2.24, 2.45) is 0 Å². The Hall–Kier alpha value is -2.34. The molecule has 122 valence electrons. The Morgan fingerprint density at radius 3 is 2.57 bits per heavy atom. The lowest BCUT2D eigenvalue weighted by molar-refractivity contribution is -0.0290. The minimum absolute atomic E-state index is 0.243. The van der Waals surface area contributed by atoms with Gasteiger partial charge in [-0.1, -0.05) is 24.3 Å². The molecule has 0 spiro atoms. The number of rotatable bonds is 6. The molecule has 1 saturated carbocycles. The Bertz CT molecular complexity index is 633. The lowest BCUT2D eigenvalue weighted by Gasteiger charge is -2.36. The number of nitrogens with one attached hydrogen (secondary N) is 2. The molecular weight excluding hydrogens is 292 g/mol. The number of carbonyl (C=O) groups is 1. The summed E-state index contributed by atoms with van der Waals surface area (Å²) in [5.74, 6) is 0. The van der Waals surface area contributed by atoms with Gasteiger partial charge < -0.3 is 20.3 Å². The molecule has 1 aromatic heterocycles. The average molecular weight is 314 g/mol. The second-order valence-electron chi connectivity index (χ2n) is 6.17. The predicted octanol–water partition coefficient (Wildman–Crippen LogP) is 1.65. The third kappa shape index (κ3) is 4.32. The van der Waals surface area contributed by atoms with Gasteiger partial charge in [0.15, 0.2) is 0 Å². The first kappa shape index (κ1) is 15.6. The quantitative estimate of drug-likeness (QED) is 0.758. The van der Waals surface area contributed by atoms with Crippen LogP contribution in [-0.2, 0) is 13.1 Å². The molecule has 6 nitrogen and oxygen atoms in total. The highest BCUT2D eigenvalue weighted by Crippen LogP contribution is 2.30. The second-order valence-corrected chi connectivity index (χ2v) is 6.17. The van der Waals surface area contributed by atoms with Gasteiger partial charge in [0, 0.05) is 32.0 Å². The summed E-state index contributed by atoms with van der Waals surface area (Å²) < 4.78 is 2.01. The summed E-state index contributed by atoms with van der Waals surface area (Å²) in [4.78, 5) is 15.8. The van der Waals surface area contributed by atoms with Crippen LogP contribution in [0.25, 0.3) is 0 Å². The Kier molecular flexibility index (Phi) is 4.62. The van der Waals surface area contributed by atoms with E-state index in [4.69, 9.17) is 0 Å². The smallest absolute Gasteiger partial charge is 0.315 e. The van der Waals surface area contributed by atoms with Crippen molar-refractivity contribution in [3.63, 3.8) is 0 Å². The van der Waals surface area contributed by atoms with E-state index < -0.39 is 5.60 Å². The molecule has 2 amide bonds. The fourth-order valence-electron chi connectivity index (χ4n) is 2.60. The number of aliphatic hydroxyl groups is 1. The predicted molar refractivity (Wildman–Crippen MR) is 86.8 cm³/mol. The molecule has 1 heterocycles. The summed E-state index contributed by atoms with van der Waals surface area (Å²) in [5.41, 5.74) is 1.53. The number of hydrogen-bond donors (Lipinski definition) is 3. The maximum atomic E-state index is 11.7. The van der Waals surface area contributed by atoms with E-state index in [0.29, 0.717) is 13.1 Å². The summed E-state index contributed by atoms with van der Waals surface area (Å²) in [7, 11) is 0. The fraction of sp³-hybridized carbons (Fsp3) is 0.412. The Balaban J connectivity index is 1.42. The number of benzene rings is 1. The van der Waals surface area contributed by atoms with Gasteiger partial charge in [-0.25, -0.2) is 9.78 Å². The first-order valence-corrected chi connectivity index (χ1v) is 7.91. The molecule has 0 radical (unpaired) electrons. The van der Waals surface area contributed by atoms with E-state index in [-0.39, 0.29) is 6.03 Å². The van der Waals surface area contributed by atoms with E-state index >= 15 is 0 Å². The van der Waals surface area contributed by atoms with Crippen molar-refractivity contribution in [1.29, 1.82) is 0 Å². The summed E-state index contributed by atoms with van der Waals surface area (Å²) in [6, 6.07) is 7.86. The van der Waals surface area contributed by atoms with Crippen LogP contribution in [0, 0.1) is 0 Å². The van der Waals surface area contributed by atoms with Crippen LogP contribution in [0.3, 0.4) is 0 Å². The number of hydrogen-bond acceptors (Lipinski definition) is 3. The number of carbonyl (C=O) groups excluding carboxylic acids is 1. The molecule has 1 aliphatic carbocycles. The molecule has 3 rings (SSSR count). The first-order valence-electron chi connectivity index (χ1n) is 7.91. The van der Waals surface area contributed by atoms with Crippen LogP contribution >= 0.6 is 0 Å². The zero-order valence-corrected chi connectivity index (χ0v) is 13.0. The first-order chi connectivity index (χ1) is 11.1. The van der Waals surface area contributed by atoms with Gasteiger partial charge in [0.2, 0.25) is 0 Å². The van der Waals surface area contributed by atoms with Crippen LogP contribution in [0.4, 0.5) is 4.79 Å². The Morgan fingerprint density at radius 2 is 1.96 bits per heavy atom. The molecule has 0 saturated heterocycles. The summed E-state index contributed by atoms with van der Waals surface area (Å²) in [6.45, 7) is 1.57. The maximum absolute atomic E-state index is 11.7. The molecule has 0 bridgehead atoms. The van der Waals surface area contributed by atoms with Gasteiger partial charge in [-0.2, -0.15) is 0 Å². The van der Waals surface area contributed by atoms with Crippen molar-refractivity contribution in [2.75, 3.05) is 6.54 Å². The number of imidazole rings is 1. The van der Waals surface area contributed by atoms with Crippen molar-refractivity contribution in [3.05, 3.63) is 54.1 Å². The van der Waals surface area contributed by atoms with Crippen LogP contribution in [0.5, 0.6) is 0 Å². The zero-order chi connectivity index (χ0) is 16.1. The van der Waals surface area contributed by atoms with E-state index in [1.807, 2.05) is 35.0 Å². The summed E-state index contributed by atoms with van der Waals surface area (Å²) >= 11 is 0. The van der Waals surface area contributed by atoms with Crippen LogP contribution in [0.15, 0.2) is 43.0 Å². The zero-order valence-electron chi connectivity index (χ0n) is 13.0. The SMILES string of the molecule is O=C(NCc1ccc(Cn2ccnc2)cc1)NCC1(O)CCC1. The lowest BCUT2D eigenvalue weighted by atomic mass is 9.80. The highest BCUT2D eigenvalue weighted by molar-refractivity contribution is 5.73. The molecule has 6 heteroatoms. The summed E-state index contributed by atoms with van der Waals surface area (Å²) in [5, 5.41) is 15.5. The number of amides is 2. The van der Waals surface area contributed by atoms with Gasteiger partial charge in [0.25, 0.3) is 0 Å². The van der Waals surface area contributed by atoms with E-state index in [0.717, 1.165) is 31.4 Å². The molecular formula is C17H22N4O2. The second kappa shape index (κ2) is 6.83. The van der Waals surface area contributed by atoms with Gasteiger partial charge in [-0.15, -0.1) is 0 Å². The fourth-order valence-corrected chi connectivity index (χ4v) is 2.60. The Labute approximate surface area is 135 Å². The van der Waals surface area contributed by atoms with Gasteiger partial charge >= 0.3 is 6.03 Å². The Morgan fingerprint density at radius 1 is 1.22 bits per heavy atom. The number of urea groups is 1. The monoisotopic (exact) mass is 314 g/mol. The van der Waals surface area contributed by atoms with E-state index in [1.54, 1.807) is 12.5 Å². The van der Waals surface area contributed by atoms with E-state index in [9.17, 15) is 9.90 Å². The van der Waals surface area contributed by atoms with Crippen LogP contribution < -0.4 is 10.6 Å². The van der Waals surface area contributed by atoms with Crippen molar-refractivity contribution in [2.45, 2.75) is 38.0 Å². The third-order valence-electron chi connectivity index (χ3n) is 4.26. The van der Waals surface area contributed by atoms with Crippen LogP contribution in [0.1, 0.15) is 30.4 Å². The molecule has 0 aliphatic heterocycles. The van der Waals surface area contributed by atoms with Crippen molar-refractivity contribution in [1.82, 2.24) is 20.2 Å². The highest BCUT2D eigenvalue weighted by Gasteiger charge is 2.34. The van der Waals surface area contributed by atoms with Crippen molar-refractivity contribution < 1.29 is 9.90 Å². The van der Waals surface area contributed by atoms with Gasteiger partial charge in [0.05, 0.1) is 11.9 Å². The van der Waals surface area contributed by atoms with Crippen LogP contribution in [0.2, 0.25) is 0 Å². The van der Waals surface area contributed by atoms with Crippen LogP contribution in [-0.4, -0.2) is 32.8 Å². The summed E-state index contributed by atoms with van der Waals surface area (Å²) in [6.07, 6.45) is 8.05. The molecule has 0 unspecified atom stereocenters. The third-order valence-corrected chi connectivity index (χ3v) is 4.26. The van der Waals surface area contributed by atoms with Gasteiger partial charge in [0.1, 0.15) is 0 Å². The van der Waals surface area contributed by atoms with Crippen molar-refractivity contribution in [3.8, 4) is 0 Å². The minimum Gasteiger partial charge on any atom is -0.388 e. The van der Waals surface area contributed by atoms with Gasteiger partial charge in [-0.05, 0) is 30.4 Å². The topological polar surface area (TPSA) is 79.2 Å². The average Bonchev–Trinajstić information content (AvgIpc) is 3.03. The maximum Gasteiger partial charge on any atom is 0.315 e. The molecule has 23 heavy (non-hydrogen) atoms. The van der Waals surface area contributed by atoms with Crippen molar-refractivity contribution >= 4 is 6.03 Å². The molecule has 1 aromatic carbocycles.